The van der Waals surface area contributed by atoms with Gasteiger partial charge in [-0.2, -0.15) is 0 Å². The molecule has 0 N–H and O–H groups in total. The molecular weight excluding hydrogens is 329 g/mol. The molecule has 1 fully saturated rings. The lowest BCUT2D eigenvalue weighted by Gasteiger charge is -2.31. The van der Waals surface area contributed by atoms with E-state index in [4.69, 9.17) is 4.74 Å². The van der Waals surface area contributed by atoms with Gasteiger partial charge in [-0.15, -0.1) is 0 Å². The average Bonchev–Trinajstić information content (AvgIpc) is 2.95. The molecule has 3 aromatic rings. The van der Waals surface area contributed by atoms with Gasteiger partial charge in [0.05, 0.1) is 17.3 Å². The zero-order valence-electron chi connectivity index (χ0n) is 15.8. The normalized spacial score (nSPS) is 16.8. The van der Waals surface area contributed by atoms with Crippen LogP contribution in [0.4, 0.5) is 4.39 Å². The van der Waals surface area contributed by atoms with Gasteiger partial charge in [0.25, 0.3) is 0 Å². The van der Waals surface area contributed by atoms with Crippen LogP contribution in [-0.2, 0) is 11.3 Å². The van der Waals surface area contributed by atoms with Crippen LogP contribution < -0.4 is 0 Å². The van der Waals surface area contributed by atoms with E-state index in [1.807, 2.05) is 32.2 Å². The van der Waals surface area contributed by atoms with Crippen molar-refractivity contribution in [3.05, 3.63) is 41.5 Å². The highest BCUT2D eigenvalue weighted by molar-refractivity contribution is 6.08. The molecule has 0 atom stereocenters. The molecule has 5 heteroatoms. The Morgan fingerprint density at radius 3 is 2.65 bits per heavy atom. The van der Waals surface area contributed by atoms with Gasteiger partial charge in [0.15, 0.2) is 0 Å². The summed E-state index contributed by atoms with van der Waals surface area (Å²) in [5.74, 6) is -0.146. The lowest BCUT2D eigenvalue weighted by atomic mass is 10.1. The minimum atomic E-state index is -0.146. The van der Waals surface area contributed by atoms with Crippen LogP contribution in [0.15, 0.2) is 24.4 Å². The average molecular weight is 355 g/mol. The van der Waals surface area contributed by atoms with Gasteiger partial charge < -0.3 is 14.2 Å². The number of piperidine rings is 1. The number of fused-ring (bicyclic) bond motifs is 3. The Labute approximate surface area is 153 Å². The molecule has 0 bridgehead atoms. The number of aromatic nitrogens is 2. The molecule has 1 aliphatic heterocycles. The second-order valence-electron chi connectivity index (χ2n) is 7.34. The molecule has 2 aromatic heterocycles. The first-order chi connectivity index (χ1) is 12.6. The number of hydrogen-bond donors (Lipinski definition) is 0. The highest BCUT2D eigenvalue weighted by Gasteiger charge is 2.20. The number of rotatable bonds is 4. The first-order valence-electron chi connectivity index (χ1n) is 9.37. The number of nitrogens with zero attached hydrogens (tertiary/aromatic N) is 3. The van der Waals surface area contributed by atoms with Crippen molar-refractivity contribution >= 4 is 21.8 Å². The standard InChI is InChI=1S/C21H26FN3O/c1-14-12-20-18(13-19(14)22)17-4-7-23-15(2)21(17)25(20)11-10-24-8-5-16(26-3)6-9-24/h4,7,12-13,16H,5-6,8-11H2,1-3H3. The zero-order valence-corrected chi connectivity index (χ0v) is 15.8. The van der Waals surface area contributed by atoms with Crippen LogP contribution in [0.2, 0.25) is 0 Å². The minimum absolute atomic E-state index is 0.146. The van der Waals surface area contributed by atoms with Crippen LogP contribution in [0.3, 0.4) is 0 Å². The van der Waals surface area contributed by atoms with Crippen LogP contribution >= 0.6 is 0 Å². The predicted octanol–water partition coefficient (Wildman–Crippen LogP) is 4.06. The van der Waals surface area contributed by atoms with Gasteiger partial charge in [0.2, 0.25) is 0 Å². The van der Waals surface area contributed by atoms with Crippen molar-refractivity contribution in [1.29, 1.82) is 0 Å². The van der Waals surface area contributed by atoms with Gasteiger partial charge in [-0.1, -0.05) is 0 Å². The molecule has 26 heavy (non-hydrogen) atoms. The maximum Gasteiger partial charge on any atom is 0.126 e. The summed E-state index contributed by atoms with van der Waals surface area (Å²) in [6.45, 7) is 7.87. The summed E-state index contributed by atoms with van der Waals surface area (Å²) in [4.78, 5) is 6.97. The maximum atomic E-state index is 14.2. The summed E-state index contributed by atoms with van der Waals surface area (Å²) < 4.78 is 22.0. The van der Waals surface area contributed by atoms with Gasteiger partial charge in [-0.3, -0.25) is 4.98 Å². The molecule has 1 aromatic carbocycles. The van der Waals surface area contributed by atoms with Gasteiger partial charge >= 0.3 is 0 Å². The number of benzene rings is 1. The van der Waals surface area contributed by atoms with E-state index in [2.05, 4.69) is 14.5 Å². The molecule has 0 saturated carbocycles. The van der Waals surface area contributed by atoms with Crippen LogP contribution in [0.5, 0.6) is 0 Å². The molecule has 0 radical (unpaired) electrons. The third-order valence-corrected chi connectivity index (χ3v) is 5.74. The zero-order chi connectivity index (χ0) is 18.3. The topological polar surface area (TPSA) is 30.3 Å². The van der Waals surface area contributed by atoms with E-state index in [9.17, 15) is 4.39 Å². The van der Waals surface area contributed by atoms with E-state index in [1.165, 1.54) is 0 Å². The summed E-state index contributed by atoms with van der Waals surface area (Å²) in [5, 5.41) is 2.07. The van der Waals surface area contributed by atoms with E-state index in [-0.39, 0.29) is 5.82 Å². The fourth-order valence-electron chi connectivity index (χ4n) is 4.18. The van der Waals surface area contributed by atoms with Crippen molar-refractivity contribution in [3.8, 4) is 0 Å². The van der Waals surface area contributed by atoms with Gasteiger partial charge in [-0.05, 0) is 50.5 Å². The number of methoxy groups -OCH3 is 1. The van der Waals surface area contributed by atoms with E-state index in [0.29, 0.717) is 11.7 Å². The Morgan fingerprint density at radius 1 is 1.15 bits per heavy atom. The maximum absolute atomic E-state index is 14.2. The molecule has 4 rings (SSSR count). The van der Waals surface area contributed by atoms with Crippen LogP contribution in [0, 0.1) is 19.7 Å². The molecule has 0 unspecified atom stereocenters. The number of aryl methyl sites for hydroxylation is 2. The summed E-state index contributed by atoms with van der Waals surface area (Å²) in [7, 11) is 1.80. The first-order valence-corrected chi connectivity index (χ1v) is 9.37. The van der Waals surface area contributed by atoms with E-state index in [1.54, 1.807) is 13.2 Å². The molecule has 0 aliphatic carbocycles. The predicted molar refractivity (Wildman–Crippen MR) is 103 cm³/mol. The largest absolute Gasteiger partial charge is 0.381 e. The van der Waals surface area contributed by atoms with Crippen molar-refractivity contribution in [2.45, 2.75) is 39.3 Å². The van der Waals surface area contributed by atoms with E-state index < -0.39 is 0 Å². The summed E-state index contributed by atoms with van der Waals surface area (Å²) in [6.07, 6.45) is 4.40. The van der Waals surface area contributed by atoms with Crippen LogP contribution in [0.1, 0.15) is 24.1 Å². The van der Waals surface area contributed by atoms with Gasteiger partial charge in [-0.25, -0.2) is 4.39 Å². The Balaban J connectivity index is 1.70. The molecule has 3 heterocycles. The van der Waals surface area contributed by atoms with Crippen molar-refractivity contribution in [1.82, 2.24) is 14.5 Å². The monoisotopic (exact) mass is 355 g/mol. The number of likely N-dealkylation sites (tertiary alicyclic amines) is 1. The molecular formula is C21H26FN3O. The number of ether oxygens (including phenoxy) is 1. The molecule has 4 nitrogen and oxygen atoms in total. The molecule has 1 saturated heterocycles. The highest BCUT2D eigenvalue weighted by atomic mass is 19.1. The minimum Gasteiger partial charge on any atom is -0.381 e. The quantitative estimate of drug-likeness (QED) is 0.707. The SMILES string of the molecule is COC1CCN(CCn2c3cc(C)c(F)cc3c3ccnc(C)c32)CC1. The van der Waals surface area contributed by atoms with Crippen LogP contribution in [0.25, 0.3) is 21.8 Å². The summed E-state index contributed by atoms with van der Waals surface area (Å²) in [6, 6.07) is 5.65. The Kier molecular flexibility index (Phi) is 4.67. The van der Waals surface area contributed by atoms with Gasteiger partial charge in [0.1, 0.15) is 5.82 Å². The van der Waals surface area contributed by atoms with Crippen molar-refractivity contribution in [3.63, 3.8) is 0 Å². The second kappa shape index (κ2) is 6.97. The first kappa shape index (κ1) is 17.4. The lowest BCUT2D eigenvalue weighted by molar-refractivity contribution is 0.0404. The Morgan fingerprint density at radius 2 is 1.92 bits per heavy atom. The Hall–Kier alpha value is -1.98. The van der Waals surface area contributed by atoms with Crippen molar-refractivity contribution in [2.75, 3.05) is 26.7 Å². The molecule has 138 valence electrons. The summed E-state index contributed by atoms with van der Waals surface area (Å²) in [5.41, 5.74) is 3.91. The third-order valence-electron chi connectivity index (χ3n) is 5.74. The fraction of sp³-hybridized carbons (Fsp3) is 0.476. The van der Waals surface area contributed by atoms with Crippen molar-refractivity contribution < 1.29 is 9.13 Å². The van der Waals surface area contributed by atoms with Crippen LogP contribution in [-0.4, -0.2) is 47.3 Å². The number of pyridine rings is 1. The molecule has 0 spiro atoms. The smallest absolute Gasteiger partial charge is 0.126 e. The highest BCUT2D eigenvalue weighted by Crippen LogP contribution is 2.32. The lowest BCUT2D eigenvalue weighted by Crippen LogP contribution is -2.38. The van der Waals surface area contributed by atoms with E-state index >= 15 is 0 Å². The number of halogens is 1. The number of hydrogen-bond acceptors (Lipinski definition) is 3. The third kappa shape index (κ3) is 2.99. The second-order valence-corrected chi connectivity index (χ2v) is 7.34. The van der Waals surface area contributed by atoms with E-state index in [0.717, 1.165) is 66.5 Å². The fourth-order valence-corrected chi connectivity index (χ4v) is 4.18. The summed E-state index contributed by atoms with van der Waals surface area (Å²) >= 11 is 0. The Bertz CT molecular complexity index is 941. The molecule has 1 aliphatic rings. The molecule has 0 amide bonds. The van der Waals surface area contributed by atoms with Crippen molar-refractivity contribution in [2.24, 2.45) is 0 Å². The van der Waals surface area contributed by atoms with Gasteiger partial charge in [0, 0.05) is 55.8 Å².